The third-order valence-electron chi connectivity index (χ3n) is 4.77. The van der Waals surface area contributed by atoms with Crippen LogP contribution in [0.5, 0.6) is 0 Å². The summed E-state index contributed by atoms with van der Waals surface area (Å²) in [5, 5.41) is 0. The molecular weight excluding hydrogens is 426 g/mol. The number of pyridine rings is 2. The van der Waals surface area contributed by atoms with Gasteiger partial charge in [0.05, 0.1) is 5.69 Å². The third kappa shape index (κ3) is 12.0. The van der Waals surface area contributed by atoms with Gasteiger partial charge >= 0.3 is 0 Å². The zero-order chi connectivity index (χ0) is 25.7. The third-order valence-corrected chi connectivity index (χ3v) is 4.77. The maximum atomic E-state index is 12.6. The van der Waals surface area contributed by atoms with Crippen molar-refractivity contribution in [2.24, 2.45) is 0 Å². The monoisotopic (exact) mass is 462 g/mol. The van der Waals surface area contributed by atoms with Crippen LogP contribution in [-0.2, 0) is 0 Å². The van der Waals surface area contributed by atoms with E-state index in [4.69, 9.17) is 0 Å². The Kier molecular flexibility index (Phi) is 12.4. The molecule has 0 aliphatic carbocycles. The van der Waals surface area contributed by atoms with Crippen molar-refractivity contribution in [1.82, 2.24) is 9.97 Å². The van der Waals surface area contributed by atoms with Gasteiger partial charge in [0.15, 0.2) is 0 Å². The van der Waals surface area contributed by atoms with Gasteiger partial charge in [-0.15, -0.1) is 0 Å². The summed E-state index contributed by atoms with van der Waals surface area (Å²) in [4.78, 5) is 7.88. The van der Waals surface area contributed by atoms with Gasteiger partial charge < -0.3 is 0 Å². The molecule has 180 valence electrons. The molecule has 4 rings (SSSR count). The normalized spacial score (nSPS) is 9.47. The van der Waals surface area contributed by atoms with Crippen LogP contribution in [0.25, 0.3) is 0 Å². The second-order valence-corrected chi connectivity index (χ2v) is 8.46. The summed E-state index contributed by atoms with van der Waals surface area (Å²) in [6, 6.07) is 19.2. The zero-order valence-corrected chi connectivity index (χ0v) is 21.6. The smallest absolute Gasteiger partial charge is 0.144 e. The molecule has 0 atom stereocenters. The van der Waals surface area contributed by atoms with Crippen molar-refractivity contribution in [1.29, 1.82) is 0 Å². The lowest BCUT2D eigenvalue weighted by Gasteiger charge is -1.94. The summed E-state index contributed by atoms with van der Waals surface area (Å²) in [6.45, 7) is 15.3. The van der Waals surface area contributed by atoms with E-state index in [1.807, 2.05) is 46.0 Å². The predicted octanol–water partition coefficient (Wildman–Crippen LogP) is 8.28. The van der Waals surface area contributed by atoms with E-state index >= 15 is 0 Å². The van der Waals surface area contributed by atoms with Gasteiger partial charge in [-0.3, -0.25) is 9.97 Å². The number of hydrogen-bond acceptors (Lipinski definition) is 2. The lowest BCUT2D eigenvalue weighted by molar-refractivity contribution is 0.608. The molecule has 0 unspecified atom stereocenters. The Bertz CT molecular complexity index is 1000. The van der Waals surface area contributed by atoms with E-state index in [-0.39, 0.29) is 11.6 Å². The quantitative estimate of drug-likeness (QED) is 0.263. The molecule has 2 aromatic heterocycles. The molecule has 2 nitrogen and oxygen atoms in total. The molecule has 0 fully saturated rings. The molecule has 0 aliphatic rings. The van der Waals surface area contributed by atoms with Crippen LogP contribution in [0.3, 0.4) is 0 Å². The number of aromatic nitrogens is 2. The van der Waals surface area contributed by atoms with Crippen molar-refractivity contribution in [3.05, 3.63) is 129 Å². The zero-order valence-electron chi connectivity index (χ0n) is 21.6. The first-order valence-corrected chi connectivity index (χ1v) is 11.2. The van der Waals surface area contributed by atoms with Gasteiger partial charge in [0.2, 0.25) is 0 Å². The van der Waals surface area contributed by atoms with E-state index in [0.29, 0.717) is 11.3 Å². The van der Waals surface area contributed by atoms with Crippen LogP contribution >= 0.6 is 0 Å². The maximum Gasteiger partial charge on any atom is 0.144 e. The van der Waals surface area contributed by atoms with Gasteiger partial charge in [-0.25, -0.2) is 8.78 Å². The van der Waals surface area contributed by atoms with Crippen molar-refractivity contribution >= 4 is 0 Å². The summed E-state index contributed by atoms with van der Waals surface area (Å²) in [5.74, 6) is -0.343. The molecule has 0 saturated carbocycles. The summed E-state index contributed by atoms with van der Waals surface area (Å²) < 4.78 is 25.1. The Morgan fingerprint density at radius 1 is 0.471 bits per heavy atom. The lowest BCUT2D eigenvalue weighted by Crippen LogP contribution is -1.87. The fourth-order valence-corrected chi connectivity index (χ4v) is 2.48. The Labute approximate surface area is 203 Å². The molecule has 4 aromatic rings. The topological polar surface area (TPSA) is 25.8 Å². The summed E-state index contributed by atoms with van der Waals surface area (Å²) in [5.41, 5.74) is 7.95. The SMILES string of the molecule is Cc1ccc(C)c(F)c1.Cc1ccc(C)cc1.Cc1ccc(C)nc1.Cc1cnc(C)c(F)c1. The van der Waals surface area contributed by atoms with Gasteiger partial charge in [0.1, 0.15) is 11.6 Å². The van der Waals surface area contributed by atoms with Crippen molar-refractivity contribution in [3.63, 3.8) is 0 Å². The highest BCUT2D eigenvalue weighted by Gasteiger charge is 1.95. The molecule has 0 spiro atoms. The Morgan fingerprint density at radius 2 is 0.941 bits per heavy atom. The number of aryl methyl sites for hydroxylation is 8. The van der Waals surface area contributed by atoms with Crippen molar-refractivity contribution in [2.75, 3.05) is 0 Å². The van der Waals surface area contributed by atoms with Gasteiger partial charge in [-0.1, -0.05) is 53.6 Å². The van der Waals surface area contributed by atoms with E-state index < -0.39 is 0 Å². The van der Waals surface area contributed by atoms with Crippen molar-refractivity contribution < 1.29 is 8.78 Å². The number of rotatable bonds is 0. The Hall–Kier alpha value is -3.40. The fraction of sp³-hybridized carbons (Fsp3) is 0.267. The van der Waals surface area contributed by atoms with Gasteiger partial charge in [-0.2, -0.15) is 0 Å². The van der Waals surface area contributed by atoms with Crippen LogP contribution in [-0.4, -0.2) is 9.97 Å². The van der Waals surface area contributed by atoms with Gasteiger partial charge in [0, 0.05) is 18.1 Å². The largest absolute Gasteiger partial charge is 0.261 e. The van der Waals surface area contributed by atoms with Crippen LogP contribution in [0.4, 0.5) is 8.78 Å². The number of halogens is 2. The second kappa shape index (κ2) is 14.7. The minimum Gasteiger partial charge on any atom is -0.261 e. The maximum absolute atomic E-state index is 12.6. The number of hydrogen-bond donors (Lipinski definition) is 0. The second-order valence-electron chi connectivity index (χ2n) is 8.46. The lowest BCUT2D eigenvalue weighted by atomic mass is 10.2. The summed E-state index contributed by atoms with van der Waals surface area (Å²) in [6.07, 6.45) is 3.52. The highest BCUT2D eigenvalue weighted by atomic mass is 19.1. The first-order chi connectivity index (χ1) is 16.0. The minimum absolute atomic E-state index is 0.116. The Morgan fingerprint density at radius 3 is 1.32 bits per heavy atom. The fourth-order valence-electron chi connectivity index (χ4n) is 2.48. The van der Waals surface area contributed by atoms with E-state index in [0.717, 1.165) is 16.8 Å². The molecule has 2 heterocycles. The molecule has 4 heteroatoms. The average molecular weight is 463 g/mol. The van der Waals surface area contributed by atoms with Crippen molar-refractivity contribution in [3.8, 4) is 0 Å². The standard InChI is InChI=1S/C8H9F.C8H10.C7H8FN.C7H9N/c1-6-3-4-7(2)8(9)5-6;1-7-3-5-8(2)6-4-7;1-5-3-7(8)6(2)9-4-5;1-6-3-4-7(2)8-5-6/h3-5H,1-2H3;3-6H,1-2H3;3-4H,1-2H3;3-5H,1-2H3. The molecule has 0 N–H and O–H groups in total. The summed E-state index contributed by atoms with van der Waals surface area (Å²) in [7, 11) is 0. The predicted molar refractivity (Wildman–Crippen MR) is 139 cm³/mol. The molecular formula is C30H36F2N2. The molecule has 0 bridgehead atoms. The van der Waals surface area contributed by atoms with Crippen molar-refractivity contribution in [2.45, 2.75) is 55.4 Å². The molecule has 0 aliphatic heterocycles. The molecule has 0 amide bonds. The average Bonchev–Trinajstić information content (AvgIpc) is 2.79. The minimum atomic E-state index is -0.227. The number of nitrogens with zero attached hydrogens (tertiary/aromatic N) is 2. The first kappa shape index (κ1) is 28.6. The highest BCUT2D eigenvalue weighted by molar-refractivity contribution is 5.22. The van der Waals surface area contributed by atoms with Crippen LogP contribution in [0.1, 0.15) is 44.8 Å². The molecule has 2 aromatic carbocycles. The first-order valence-electron chi connectivity index (χ1n) is 11.2. The van der Waals surface area contributed by atoms with Gasteiger partial charge in [0.25, 0.3) is 0 Å². The molecule has 0 saturated heterocycles. The van der Waals surface area contributed by atoms with E-state index in [1.165, 1.54) is 28.8 Å². The van der Waals surface area contributed by atoms with Crippen LogP contribution in [0.15, 0.2) is 73.1 Å². The Balaban J connectivity index is 0.000000227. The highest BCUT2D eigenvalue weighted by Crippen LogP contribution is 2.07. The van der Waals surface area contributed by atoms with Crippen LogP contribution in [0, 0.1) is 67.0 Å². The van der Waals surface area contributed by atoms with E-state index in [9.17, 15) is 8.78 Å². The molecule has 0 radical (unpaired) electrons. The van der Waals surface area contributed by atoms with E-state index in [1.54, 1.807) is 26.1 Å². The molecule has 34 heavy (non-hydrogen) atoms. The summed E-state index contributed by atoms with van der Waals surface area (Å²) >= 11 is 0. The van der Waals surface area contributed by atoms with Crippen LogP contribution < -0.4 is 0 Å². The van der Waals surface area contributed by atoms with Crippen LogP contribution in [0.2, 0.25) is 0 Å². The van der Waals surface area contributed by atoms with Gasteiger partial charge in [-0.05, 0) is 95.8 Å². The van der Waals surface area contributed by atoms with E-state index in [2.05, 4.69) is 54.1 Å². The number of benzene rings is 2.